The van der Waals surface area contributed by atoms with E-state index < -0.39 is 5.97 Å². The topological polar surface area (TPSA) is 63.3 Å². The molecule has 0 radical (unpaired) electrons. The molecule has 0 aliphatic heterocycles. The van der Waals surface area contributed by atoms with Crippen LogP contribution in [0.1, 0.15) is 53.4 Å². The van der Waals surface area contributed by atoms with Gasteiger partial charge in [0.2, 0.25) is 0 Å². The van der Waals surface area contributed by atoms with Crippen molar-refractivity contribution in [2.75, 3.05) is 0 Å². The summed E-state index contributed by atoms with van der Waals surface area (Å²) in [5.41, 5.74) is 6.00. The van der Waals surface area contributed by atoms with Crippen molar-refractivity contribution in [3.05, 3.63) is 12.2 Å². The van der Waals surface area contributed by atoms with Gasteiger partial charge in [-0.3, -0.25) is 0 Å². The van der Waals surface area contributed by atoms with Crippen LogP contribution in [0.2, 0.25) is 0 Å². The quantitative estimate of drug-likeness (QED) is 0.547. The lowest BCUT2D eigenvalue weighted by Crippen LogP contribution is -2.31. The molecule has 0 aliphatic rings. The smallest absolute Gasteiger partial charge is 0.330 e. The predicted molar refractivity (Wildman–Crippen MR) is 64.9 cm³/mol. The maximum atomic E-state index is 9.60. The summed E-state index contributed by atoms with van der Waals surface area (Å²) < 4.78 is 0. The van der Waals surface area contributed by atoms with Crippen LogP contribution < -0.4 is 5.73 Å². The van der Waals surface area contributed by atoms with Crippen molar-refractivity contribution in [1.82, 2.24) is 0 Å². The molecule has 0 saturated heterocycles. The van der Waals surface area contributed by atoms with Crippen LogP contribution in [0.3, 0.4) is 0 Å². The first-order valence-electron chi connectivity index (χ1n) is 5.38. The highest BCUT2D eigenvalue weighted by molar-refractivity contribution is 5.84. The van der Waals surface area contributed by atoms with Crippen molar-refractivity contribution in [2.24, 2.45) is 5.73 Å². The molecular weight excluding hydrogens is 190 g/mol. The van der Waals surface area contributed by atoms with E-state index in [2.05, 4.69) is 27.4 Å². The normalized spacial score (nSPS) is 10.2. The Kier molecular flexibility index (Phi) is 9.38. The SMILES string of the molecule is C=C(C)C(=O)O.CCCCCC(C)(C)N. The molecule has 0 unspecified atom stereocenters. The molecule has 0 spiro atoms. The molecule has 0 aromatic heterocycles. The Morgan fingerprint density at radius 1 is 1.40 bits per heavy atom. The first-order chi connectivity index (χ1) is 6.70. The van der Waals surface area contributed by atoms with Crippen LogP contribution in [0.4, 0.5) is 0 Å². The summed E-state index contributed by atoms with van der Waals surface area (Å²) in [5, 5.41) is 7.89. The summed E-state index contributed by atoms with van der Waals surface area (Å²) in [4.78, 5) is 9.60. The average molecular weight is 215 g/mol. The van der Waals surface area contributed by atoms with Gasteiger partial charge in [-0.2, -0.15) is 0 Å². The average Bonchev–Trinajstić information content (AvgIpc) is 2.03. The second kappa shape index (κ2) is 8.48. The van der Waals surface area contributed by atoms with E-state index in [1.54, 1.807) is 0 Å². The molecular formula is C12H25NO2. The van der Waals surface area contributed by atoms with E-state index in [0.717, 1.165) is 6.42 Å². The predicted octanol–water partition coefficient (Wildman–Crippen LogP) is 2.95. The van der Waals surface area contributed by atoms with Gasteiger partial charge in [-0.25, -0.2) is 4.79 Å². The van der Waals surface area contributed by atoms with E-state index in [9.17, 15) is 4.79 Å². The lowest BCUT2D eigenvalue weighted by molar-refractivity contribution is -0.132. The molecule has 0 heterocycles. The third-order valence-electron chi connectivity index (χ3n) is 1.79. The van der Waals surface area contributed by atoms with Gasteiger partial charge < -0.3 is 10.8 Å². The largest absolute Gasteiger partial charge is 0.478 e. The standard InChI is InChI=1S/C8H19N.C4H6O2/c1-4-5-6-7-8(2,3)9;1-3(2)4(5)6/h4-7,9H2,1-3H3;1H2,2H3,(H,5,6). The van der Waals surface area contributed by atoms with E-state index in [4.69, 9.17) is 10.8 Å². The van der Waals surface area contributed by atoms with Gasteiger partial charge in [0.1, 0.15) is 0 Å². The number of aliphatic carboxylic acids is 1. The third-order valence-corrected chi connectivity index (χ3v) is 1.79. The molecule has 3 N–H and O–H groups in total. The molecule has 15 heavy (non-hydrogen) atoms. The number of carbonyl (C=O) groups is 1. The highest BCUT2D eigenvalue weighted by Gasteiger charge is 2.08. The van der Waals surface area contributed by atoms with Crippen LogP contribution in [0.25, 0.3) is 0 Å². The number of rotatable bonds is 5. The fourth-order valence-corrected chi connectivity index (χ4v) is 0.831. The second-order valence-corrected chi connectivity index (χ2v) is 4.53. The molecule has 90 valence electrons. The molecule has 0 rings (SSSR count). The highest BCUT2D eigenvalue weighted by Crippen LogP contribution is 2.09. The molecule has 0 aromatic carbocycles. The Morgan fingerprint density at radius 2 is 1.80 bits per heavy atom. The molecule has 0 bridgehead atoms. The summed E-state index contributed by atoms with van der Waals surface area (Å²) in [6, 6.07) is 0. The summed E-state index contributed by atoms with van der Waals surface area (Å²) in [6.45, 7) is 11.0. The van der Waals surface area contributed by atoms with E-state index >= 15 is 0 Å². The van der Waals surface area contributed by atoms with E-state index in [1.807, 2.05) is 0 Å². The Hall–Kier alpha value is -0.830. The lowest BCUT2D eigenvalue weighted by Gasteiger charge is -2.17. The second-order valence-electron chi connectivity index (χ2n) is 4.53. The zero-order chi connectivity index (χ0) is 12.5. The molecule has 0 aromatic rings. The molecule has 0 saturated carbocycles. The van der Waals surface area contributed by atoms with Crippen molar-refractivity contribution in [1.29, 1.82) is 0 Å². The zero-order valence-electron chi connectivity index (χ0n) is 10.5. The molecule has 3 nitrogen and oxygen atoms in total. The zero-order valence-corrected chi connectivity index (χ0v) is 10.5. The van der Waals surface area contributed by atoms with Crippen LogP contribution in [-0.4, -0.2) is 16.6 Å². The van der Waals surface area contributed by atoms with E-state index in [-0.39, 0.29) is 11.1 Å². The first-order valence-corrected chi connectivity index (χ1v) is 5.38. The Labute approximate surface area is 93.4 Å². The summed E-state index contributed by atoms with van der Waals surface area (Å²) >= 11 is 0. The van der Waals surface area contributed by atoms with E-state index in [1.165, 1.54) is 26.2 Å². The monoisotopic (exact) mass is 215 g/mol. The van der Waals surface area contributed by atoms with Gasteiger partial charge in [0, 0.05) is 11.1 Å². The third kappa shape index (κ3) is 19.5. The number of hydrogen-bond acceptors (Lipinski definition) is 2. The fraction of sp³-hybridized carbons (Fsp3) is 0.750. The van der Waals surface area contributed by atoms with Gasteiger partial charge >= 0.3 is 5.97 Å². The van der Waals surface area contributed by atoms with Crippen molar-refractivity contribution < 1.29 is 9.90 Å². The number of carboxylic acid groups (broad SMARTS) is 1. The summed E-state index contributed by atoms with van der Waals surface area (Å²) in [6.07, 6.45) is 5.04. The lowest BCUT2D eigenvalue weighted by atomic mass is 9.98. The van der Waals surface area contributed by atoms with Gasteiger partial charge in [0.15, 0.2) is 0 Å². The van der Waals surface area contributed by atoms with Crippen molar-refractivity contribution in [3.63, 3.8) is 0 Å². The molecule has 0 fully saturated rings. The number of unbranched alkanes of at least 4 members (excludes halogenated alkanes) is 2. The minimum atomic E-state index is -0.935. The van der Waals surface area contributed by atoms with Crippen molar-refractivity contribution >= 4 is 5.97 Å². The van der Waals surface area contributed by atoms with Gasteiger partial charge in [-0.1, -0.05) is 32.8 Å². The summed E-state index contributed by atoms with van der Waals surface area (Å²) in [5.74, 6) is -0.935. The van der Waals surface area contributed by atoms with Gasteiger partial charge in [0.25, 0.3) is 0 Å². The van der Waals surface area contributed by atoms with Gasteiger partial charge in [-0.15, -0.1) is 0 Å². The fourth-order valence-electron chi connectivity index (χ4n) is 0.831. The van der Waals surface area contributed by atoms with Gasteiger partial charge in [0.05, 0.1) is 0 Å². The minimum absolute atomic E-state index is 0.0508. The maximum absolute atomic E-state index is 9.60. The molecule has 0 aliphatic carbocycles. The highest BCUT2D eigenvalue weighted by atomic mass is 16.4. The Bertz CT molecular complexity index is 180. The molecule has 0 amide bonds. The minimum Gasteiger partial charge on any atom is -0.478 e. The van der Waals surface area contributed by atoms with Crippen LogP contribution in [0.5, 0.6) is 0 Å². The number of carboxylic acids is 1. The van der Waals surface area contributed by atoms with Crippen LogP contribution >= 0.6 is 0 Å². The van der Waals surface area contributed by atoms with Crippen molar-refractivity contribution in [3.8, 4) is 0 Å². The van der Waals surface area contributed by atoms with Crippen LogP contribution in [0, 0.1) is 0 Å². The molecule has 0 atom stereocenters. The number of hydrogen-bond donors (Lipinski definition) is 2. The number of nitrogens with two attached hydrogens (primary N) is 1. The molecule has 3 heteroatoms. The van der Waals surface area contributed by atoms with E-state index in [0.29, 0.717) is 0 Å². The Balaban J connectivity index is 0. The first kappa shape index (κ1) is 16.6. The Morgan fingerprint density at radius 3 is 2.00 bits per heavy atom. The maximum Gasteiger partial charge on any atom is 0.330 e. The van der Waals surface area contributed by atoms with Gasteiger partial charge in [-0.05, 0) is 27.2 Å². The van der Waals surface area contributed by atoms with Crippen LogP contribution in [0.15, 0.2) is 12.2 Å². The summed E-state index contributed by atoms with van der Waals surface area (Å²) in [7, 11) is 0. The van der Waals surface area contributed by atoms with Crippen LogP contribution in [-0.2, 0) is 4.79 Å². The van der Waals surface area contributed by atoms with Crippen molar-refractivity contribution in [2.45, 2.75) is 58.9 Å².